The van der Waals surface area contributed by atoms with Crippen LogP contribution >= 0.6 is 0 Å². The van der Waals surface area contributed by atoms with Crippen molar-refractivity contribution in [2.75, 3.05) is 20.6 Å². The third-order valence-corrected chi connectivity index (χ3v) is 2.76. The largest absolute Gasteiger partial charge is 0.337 e. The number of unbranched alkanes of at least 4 members (excludes halogenated alkanes) is 1. The molecule has 0 amide bonds. The Kier molecular flexibility index (Phi) is 5.82. The Labute approximate surface area is 111 Å². The standard InChI is InChI=1S/C14H28N4/c1-14(2,3)16-10-13-11-18(12-15-13)9-7-6-8-17(4)5/h11-12,16H,6-10H2,1-5H3. The van der Waals surface area contributed by atoms with Crippen LogP contribution in [0.3, 0.4) is 0 Å². The van der Waals surface area contributed by atoms with Gasteiger partial charge < -0.3 is 14.8 Å². The van der Waals surface area contributed by atoms with Gasteiger partial charge in [0.25, 0.3) is 0 Å². The average molecular weight is 252 g/mol. The van der Waals surface area contributed by atoms with E-state index < -0.39 is 0 Å². The molecular weight excluding hydrogens is 224 g/mol. The Balaban J connectivity index is 2.26. The molecule has 0 fully saturated rings. The van der Waals surface area contributed by atoms with E-state index in [0.29, 0.717) is 0 Å². The number of aryl methyl sites for hydroxylation is 1. The maximum atomic E-state index is 4.42. The number of hydrogen-bond donors (Lipinski definition) is 1. The minimum absolute atomic E-state index is 0.148. The molecule has 0 radical (unpaired) electrons. The van der Waals surface area contributed by atoms with Crippen LogP contribution in [0.1, 0.15) is 39.3 Å². The molecule has 104 valence electrons. The van der Waals surface area contributed by atoms with E-state index in [4.69, 9.17) is 0 Å². The van der Waals surface area contributed by atoms with Gasteiger partial charge in [-0.1, -0.05) is 0 Å². The van der Waals surface area contributed by atoms with Gasteiger partial charge in [0.15, 0.2) is 0 Å². The summed E-state index contributed by atoms with van der Waals surface area (Å²) >= 11 is 0. The monoisotopic (exact) mass is 252 g/mol. The van der Waals surface area contributed by atoms with E-state index in [1.807, 2.05) is 6.33 Å². The maximum absolute atomic E-state index is 4.42. The molecule has 1 N–H and O–H groups in total. The highest BCUT2D eigenvalue weighted by atomic mass is 15.1. The van der Waals surface area contributed by atoms with Crippen molar-refractivity contribution in [1.82, 2.24) is 19.8 Å². The molecular formula is C14H28N4. The molecule has 0 aliphatic rings. The Bertz CT molecular complexity index is 336. The Morgan fingerprint density at radius 2 is 2.00 bits per heavy atom. The summed E-state index contributed by atoms with van der Waals surface area (Å²) in [4.78, 5) is 6.65. The van der Waals surface area contributed by atoms with Gasteiger partial charge >= 0.3 is 0 Å². The van der Waals surface area contributed by atoms with Crippen LogP contribution < -0.4 is 5.32 Å². The smallest absolute Gasteiger partial charge is 0.0949 e. The molecule has 18 heavy (non-hydrogen) atoms. The summed E-state index contributed by atoms with van der Waals surface area (Å²) in [6, 6.07) is 0. The Hall–Kier alpha value is -0.870. The molecule has 4 heteroatoms. The number of aromatic nitrogens is 2. The van der Waals surface area contributed by atoms with Gasteiger partial charge in [-0.3, -0.25) is 0 Å². The molecule has 0 saturated heterocycles. The molecule has 0 saturated carbocycles. The van der Waals surface area contributed by atoms with Gasteiger partial charge in [-0.15, -0.1) is 0 Å². The highest BCUT2D eigenvalue weighted by Gasteiger charge is 2.09. The van der Waals surface area contributed by atoms with Crippen LogP contribution in [0.15, 0.2) is 12.5 Å². The molecule has 0 bridgehead atoms. The second kappa shape index (κ2) is 6.90. The van der Waals surface area contributed by atoms with Crippen LogP contribution in [0.25, 0.3) is 0 Å². The van der Waals surface area contributed by atoms with Gasteiger partial charge in [0, 0.05) is 24.8 Å². The number of hydrogen-bond acceptors (Lipinski definition) is 3. The van der Waals surface area contributed by atoms with E-state index in [-0.39, 0.29) is 5.54 Å². The van der Waals surface area contributed by atoms with E-state index in [1.165, 1.54) is 12.8 Å². The van der Waals surface area contributed by atoms with Crippen molar-refractivity contribution in [2.45, 2.75) is 52.2 Å². The minimum Gasteiger partial charge on any atom is -0.337 e. The van der Waals surface area contributed by atoms with Crippen LogP contribution in [-0.2, 0) is 13.1 Å². The summed E-state index contributed by atoms with van der Waals surface area (Å²) in [5.41, 5.74) is 1.27. The first-order chi connectivity index (χ1) is 8.37. The molecule has 4 nitrogen and oxygen atoms in total. The van der Waals surface area contributed by atoms with Crippen LogP contribution in [0.4, 0.5) is 0 Å². The fourth-order valence-electron chi connectivity index (χ4n) is 1.70. The van der Waals surface area contributed by atoms with Crippen molar-refractivity contribution < 1.29 is 0 Å². The quantitative estimate of drug-likeness (QED) is 0.755. The van der Waals surface area contributed by atoms with Crippen molar-refractivity contribution in [3.05, 3.63) is 18.2 Å². The predicted molar refractivity (Wildman–Crippen MR) is 76.6 cm³/mol. The van der Waals surface area contributed by atoms with Gasteiger partial charge in [-0.05, 0) is 54.3 Å². The minimum atomic E-state index is 0.148. The molecule has 0 atom stereocenters. The highest BCUT2D eigenvalue weighted by Crippen LogP contribution is 2.04. The normalized spacial score (nSPS) is 12.3. The summed E-state index contributed by atoms with van der Waals surface area (Å²) in [6.07, 6.45) is 6.53. The zero-order valence-corrected chi connectivity index (χ0v) is 12.5. The molecule has 1 aromatic rings. The molecule has 0 aromatic carbocycles. The molecule has 0 aliphatic heterocycles. The molecule has 1 aromatic heterocycles. The number of nitrogens with zero attached hydrogens (tertiary/aromatic N) is 3. The fraction of sp³-hybridized carbons (Fsp3) is 0.786. The van der Waals surface area contributed by atoms with Gasteiger partial charge in [0.05, 0.1) is 12.0 Å². The first kappa shape index (κ1) is 15.2. The average Bonchev–Trinajstić information content (AvgIpc) is 2.68. The second-order valence-corrected chi connectivity index (χ2v) is 6.22. The Morgan fingerprint density at radius 3 is 2.61 bits per heavy atom. The van der Waals surface area contributed by atoms with E-state index >= 15 is 0 Å². The van der Waals surface area contributed by atoms with Crippen molar-refractivity contribution in [3.8, 4) is 0 Å². The van der Waals surface area contributed by atoms with Crippen molar-refractivity contribution in [3.63, 3.8) is 0 Å². The van der Waals surface area contributed by atoms with Crippen LogP contribution in [0.2, 0.25) is 0 Å². The number of rotatable bonds is 7. The Morgan fingerprint density at radius 1 is 1.28 bits per heavy atom. The summed E-state index contributed by atoms with van der Waals surface area (Å²) in [7, 11) is 4.24. The summed E-state index contributed by atoms with van der Waals surface area (Å²) < 4.78 is 2.19. The lowest BCUT2D eigenvalue weighted by molar-refractivity contribution is 0.387. The van der Waals surface area contributed by atoms with Crippen LogP contribution in [0, 0.1) is 0 Å². The number of nitrogens with one attached hydrogen (secondary N) is 1. The van der Waals surface area contributed by atoms with Crippen LogP contribution in [-0.4, -0.2) is 40.6 Å². The third kappa shape index (κ3) is 6.77. The molecule has 1 rings (SSSR count). The first-order valence-corrected chi connectivity index (χ1v) is 6.77. The van der Waals surface area contributed by atoms with Gasteiger partial charge in [0.1, 0.15) is 0 Å². The van der Waals surface area contributed by atoms with E-state index in [2.05, 4.69) is 60.8 Å². The van der Waals surface area contributed by atoms with E-state index in [0.717, 1.165) is 25.3 Å². The SMILES string of the molecule is CN(C)CCCCn1cnc(CNC(C)(C)C)c1. The lowest BCUT2D eigenvalue weighted by Gasteiger charge is -2.19. The lowest BCUT2D eigenvalue weighted by atomic mass is 10.1. The van der Waals surface area contributed by atoms with Crippen molar-refractivity contribution in [2.24, 2.45) is 0 Å². The molecule has 0 unspecified atom stereocenters. The number of imidazole rings is 1. The van der Waals surface area contributed by atoms with Gasteiger partial charge in [-0.25, -0.2) is 4.98 Å². The zero-order valence-electron chi connectivity index (χ0n) is 12.5. The molecule has 0 spiro atoms. The third-order valence-electron chi connectivity index (χ3n) is 2.76. The summed E-state index contributed by atoms with van der Waals surface area (Å²) in [5.74, 6) is 0. The highest BCUT2D eigenvalue weighted by molar-refractivity contribution is 4.97. The fourth-order valence-corrected chi connectivity index (χ4v) is 1.70. The van der Waals surface area contributed by atoms with E-state index in [9.17, 15) is 0 Å². The van der Waals surface area contributed by atoms with Crippen LogP contribution in [0.5, 0.6) is 0 Å². The van der Waals surface area contributed by atoms with Gasteiger partial charge in [0.2, 0.25) is 0 Å². The summed E-state index contributed by atoms with van der Waals surface area (Å²) in [5, 5.41) is 3.45. The first-order valence-electron chi connectivity index (χ1n) is 6.77. The predicted octanol–water partition coefficient (Wildman–Crippen LogP) is 2.11. The molecule has 0 aliphatic carbocycles. The topological polar surface area (TPSA) is 33.1 Å². The maximum Gasteiger partial charge on any atom is 0.0949 e. The lowest BCUT2D eigenvalue weighted by Crippen LogP contribution is -2.35. The molecule has 1 heterocycles. The van der Waals surface area contributed by atoms with Crippen molar-refractivity contribution >= 4 is 0 Å². The van der Waals surface area contributed by atoms with Crippen molar-refractivity contribution in [1.29, 1.82) is 0 Å². The van der Waals surface area contributed by atoms with Gasteiger partial charge in [-0.2, -0.15) is 0 Å². The van der Waals surface area contributed by atoms with E-state index in [1.54, 1.807) is 0 Å². The second-order valence-electron chi connectivity index (χ2n) is 6.22. The summed E-state index contributed by atoms with van der Waals surface area (Å²) in [6.45, 7) is 9.58. The zero-order chi connectivity index (χ0) is 13.6.